The highest BCUT2D eigenvalue weighted by Crippen LogP contribution is 2.31. The van der Waals surface area contributed by atoms with E-state index in [0.29, 0.717) is 22.6 Å². The van der Waals surface area contributed by atoms with Crippen LogP contribution in [0.25, 0.3) is 0 Å². The maximum Gasteiger partial charge on any atom is 0.264 e. The van der Waals surface area contributed by atoms with Crippen molar-refractivity contribution in [3.63, 3.8) is 0 Å². The summed E-state index contributed by atoms with van der Waals surface area (Å²) in [6.45, 7) is 4.83. The van der Waals surface area contributed by atoms with Crippen LogP contribution in [-0.2, 0) is 32.6 Å². The van der Waals surface area contributed by atoms with Crippen molar-refractivity contribution in [3.05, 3.63) is 131 Å². The van der Waals surface area contributed by atoms with Crippen LogP contribution in [0.5, 0.6) is 0 Å². The minimum absolute atomic E-state index is 0.00221. The molecule has 0 radical (unpaired) electrons. The van der Waals surface area contributed by atoms with Crippen molar-refractivity contribution in [2.45, 2.75) is 57.1 Å². The molecular formula is C35H37ClFN3O4S. The molecule has 0 heterocycles. The molecule has 7 nitrogen and oxygen atoms in total. The van der Waals surface area contributed by atoms with E-state index in [-0.39, 0.29) is 35.5 Å². The second-order valence-electron chi connectivity index (χ2n) is 10.9. The summed E-state index contributed by atoms with van der Waals surface area (Å²) < 4.78 is 43.1. The monoisotopic (exact) mass is 649 g/mol. The molecule has 0 bridgehead atoms. The van der Waals surface area contributed by atoms with Crippen molar-refractivity contribution < 1.29 is 22.4 Å². The topological polar surface area (TPSA) is 86.8 Å². The summed E-state index contributed by atoms with van der Waals surface area (Å²) in [5.74, 6) is -1.43. The summed E-state index contributed by atoms with van der Waals surface area (Å²) >= 11 is 6.42. The zero-order valence-electron chi connectivity index (χ0n) is 25.5. The van der Waals surface area contributed by atoms with E-state index < -0.39 is 34.3 Å². The van der Waals surface area contributed by atoms with Gasteiger partial charge in [0.15, 0.2) is 0 Å². The fraction of sp³-hybridized carbons (Fsp3) is 0.257. The van der Waals surface area contributed by atoms with Gasteiger partial charge >= 0.3 is 0 Å². The third-order valence-corrected chi connectivity index (χ3v) is 9.84. The number of anilines is 1. The number of sulfonamides is 1. The van der Waals surface area contributed by atoms with E-state index in [4.69, 9.17) is 11.6 Å². The largest absolute Gasteiger partial charge is 0.352 e. The summed E-state index contributed by atoms with van der Waals surface area (Å²) in [4.78, 5) is 29.7. The third-order valence-electron chi connectivity index (χ3n) is 7.66. The summed E-state index contributed by atoms with van der Waals surface area (Å²) in [5.41, 5.74) is 2.12. The molecule has 10 heteroatoms. The molecular weight excluding hydrogens is 613 g/mol. The zero-order chi connectivity index (χ0) is 32.6. The van der Waals surface area contributed by atoms with Crippen LogP contribution >= 0.6 is 11.6 Å². The highest BCUT2D eigenvalue weighted by atomic mass is 35.5. The first-order chi connectivity index (χ1) is 21.5. The smallest absolute Gasteiger partial charge is 0.264 e. The number of rotatable bonds is 13. The van der Waals surface area contributed by atoms with Crippen LogP contribution in [-0.4, -0.2) is 43.8 Å². The molecule has 0 aromatic heterocycles. The Balaban J connectivity index is 1.83. The van der Waals surface area contributed by atoms with E-state index in [0.717, 1.165) is 9.87 Å². The van der Waals surface area contributed by atoms with Crippen LogP contribution in [0.4, 0.5) is 10.1 Å². The van der Waals surface area contributed by atoms with E-state index in [2.05, 4.69) is 5.32 Å². The van der Waals surface area contributed by atoms with Crippen molar-refractivity contribution in [2.24, 2.45) is 0 Å². The molecule has 4 aromatic carbocycles. The minimum Gasteiger partial charge on any atom is -0.352 e. The van der Waals surface area contributed by atoms with Crippen molar-refractivity contribution in [1.82, 2.24) is 10.2 Å². The molecule has 0 fully saturated rings. The van der Waals surface area contributed by atoms with Crippen LogP contribution in [0, 0.1) is 12.7 Å². The van der Waals surface area contributed by atoms with Crippen LogP contribution in [0.15, 0.2) is 108 Å². The number of benzene rings is 4. The molecule has 236 valence electrons. The minimum atomic E-state index is -4.25. The molecule has 0 aliphatic heterocycles. The lowest BCUT2D eigenvalue weighted by Gasteiger charge is -2.34. The molecule has 0 saturated carbocycles. The van der Waals surface area contributed by atoms with Crippen molar-refractivity contribution in [3.8, 4) is 0 Å². The number of amides is 2. The van der Waals surface area contributed by atoms with Gasteiger partial charge in [0.25, 0.3) is 10.0 Å². The number of halogens is 2. The van der Waals surface area contributed by atoms with Crippen LogP contribution in [0.1, 0.15) is 37.0 Å². The van der Waals surface area contributed by atoms with E-state index in [1.165, 1.54) is 29.2 Å². The van der Waals surface area contributed by atoms with E-state index >= 15 is 0 Å². The molecule has 4 aromatic rings. The van der Waals surface area contributed by atoms with Gasteiger partial charge in [-0.15, -0.1) is 0 Å². The molecule has 0 saturated heterocycles. The Bertz CT molecular complexity index is 1700. The van der Waals surface area contributed by atoms with Crippen LogP contribution in [0.3, 0.4) is 0 Å². The highest BCUT2D eigenvalue weighted by molar-refractivity contribution is 7.92. The first kappa shape index (κ1) is 33.7. The first-order valence-corrected chi connectivity index (χ1v) is 16.5. The Labute approximate surface area is 269 Å². The highest BCUT2D eigenvalue weighted by Gasteiger charge is 2.35. The number of carbonyl (C=O) groups excluding carboxylic acids is 2. The third kappa shape index (κ3) is 8.49. The van der Waals surface area contributed by atoms with Crippen LogP contribution in [0.2, 0.25) is 5.02 Å². The van der Waals surface area contributed by atoms with Gasteiger partial charge in [0, 0.05) is 24.0 Å². The molecule has 2 amide bonds. The second kappa shape index (κ2) is 15.2. The number of hydrogen-bond acceptors (Lipinski definition) is 4. The summed E-state index contributed by atoms with van der Waals surface area (Å²) in [5, 5.41) is 3.33. The van der Waals surface area contributed by atoms with Gasteiger partial charge in [-0.2, -0.15) is 0 Å². The van der Waals surface area contributed by atoms with E-state index in [1.807, 2.05) is 44.2 Å². The van der Waals surface area contributed by atoms with Gasteiger partial charge in [0.1, 0.15) is 18.4 Å². The average molecular weight is 650 g/mol. The molecule has 4 rings (SSSR count). The summed E-state index contributed by atoms with van der Waals surface area (Å²) in [6.07, 6.45) is 0.852. The lowest BCUT2D eigenvalue weighted by atomic mass is 10.0. The van der Waals surface area contributed by atoms with Gasteiger partial charge in [-0.3, -0.25) is 13.9 Å². The van der Waals surface area contributed by atoms with Crippen molar-refractivity contribution in [2.75, 3.05) is 10.8 Å². The summed E-state index contributed by atoms with van der Waals surface area (Å²) in [7, 11) is -4.25. The Morgan fingerprint density at radius 3 is 2.11 bits per heavy atom. The number of nitrogens with zero attached hydrogens (tertiary/aromatic N) is 2. The Morgan fingerprint density at radius 1 is 0.867 bits per heavy atom. The van der Waals surface area contributed by atoms with Gasteiger partial charge in [0.2, 0.25) is 11.8 Å². The van der Waals surface area contributed by atoms with Crippen molar-refractivity contribution >= 4 is 39.1 Å². The molecule has 2 atom stereocenters. The van der Waals surface area contributed by atoms with E-state index in [1.54, 1.807) is 55.5 Å². The van der Waals surface area contributed by atoms with Gasteiger partial charge in [-0.1, -0.05) is 85.3 Å². The predicted molar refractivity (Wildman–Crippen MR) is 176 cm³/mol. The number of nitrogens with one attached hydrogen (secondary N) is 1. The normalized spacial score (nSPS) is 12.6. The lowest BCUT2D eigenvalue weighted by Crippen LogP contribution is -2.54. The Morgan fingerprint density at radius 2 is 1.49 bits per heavy atom. The Kier molecular flexibility index (Phi) is 11.4. The fourth-order valence-corrected chi connectivity index (χ4v) is 6.54. The fourth-order valence-electron chi connectivity index (χ4n) is 4.88. The summed E-state index contributed by atoms with van der Waals surface area (Å²) in [6, 6.07) is 26.5. The van der Waals surface area contributed by atoms with Gasteiger partial charge in [-0.05, 0) is 73.4 Å². The SMILES string of the molecule is CC[C@@H](C)NC(=O)[C@@H](Cc1ccccc1)N(Cc1ccc(F)cc1)C(=O)CN(c1cccc(Cl)c1C)S(=O)(=O)c1ccccc1. The molecule has 0 spiro atoms. The number of carbonyl (C=O) groups is 2. The van der Waals surface area contributed by atoms with Crippen LogP contribution < -0.4 is 9.62 Å². The Hall–Kier alpha value is -4.21. The first-order valence-electron chi connectivity index (χ1n) is 14.7. The standard InChI is InChI=1S/C35H37ClFN3O4S/c1-4-25(2)38-35(42)33(22-27-12-7-5-8-13-27)39(23-28-18-20-29(37)21-19-28)34(41)24-40(32-17-11-16-31(36)26(32)3)45(43,44)30-14-9-6-10-15-30/h5-21,25,33H,4,22-24H2,1-3H3,(H,38,42)/t25-,33-/m1/s1. The van der Waals surface area contributed by atoms with Crippen molar-refractivity contribution in [1.29, 1.82) is 0 Å². The molecule has 1 N–H and O–H groups in total. The number of hydrogen-bond donors (Lipinski definition) is 1. The average Bonchev–Trinajstić information content (AvgIpc) is 3.04. The second-order valence-corrected chi connectivity index (χ2v) is 13.1. The maximum absolute atomic E-state index is 14.5. The lowest BCUT2D eigenvalue weighted by molar-refractivity contribution is -0.140. The zero-order valence-corrected chi connectivity index (χ0v) is 27.1. The van der Waals surface area contributed by atoms with Gasteiger partial charge < -0.3 is 10.2 Å². The van der Waals surface area contributed by atoms with Gasteiger partial charge in [0.05, 0.1) is 10.6 Å². The maximum atomic E-state index is 14.5. The van der Waals surface area contributed by atoms with Gasteiger partial charge in [-0.25, -0.2) is 12.8 Å². The molecule has 0 unspecified atom stereocenters. The predicted octanol–water partition coefficient (Wildman–Crippen LogP) is 6.54. The quantitative estimate of drug-likeness (QED) is 0.178. The van der Waals surface area contributed by atoms with E-state index in [9.17, 15) is 22.4 Å². The molecule has 45 heavy (non-hydrogen) atoms. The molecule has 0 aliphatic rings. The molecule has 0 aliphatic carbocycles.